The summed E-state index contributed by atoms with van der Waals surface area (Å²) in [7, 11) is 2.20. The Labute approximate surface area is 112 Å². The van der Waals surface area contributed by atoms with Crippen molar-refractivity contribution < 1.29 is 9.90 Å². The first-order valence-corrected chi connectivity index (χ1v) is 7.40. The summed E-state index contributed by atoms with van der Waals surface area (Å²) in [6, 6.07) is 0. The molecule has 106 valence electrons. The van der Waals surface area contributed by atoms with E-state index >= 15 is 0 Å². The number of hydrogen-bond donors (Lipinski definition) is 1. The predicted octanol–water partition coefficient (Wildman–Crippen LogP) is 3.25. The molecule has 18 heavy (non-hydrogen) atoms. The topological polar surface area (TPSA) is 40.5 Å². The summed E-state index contributed by atoms with van der Waals surface area (Å²) in [6.07, 6.45) is 6.51. The number of carboxylic acid groups (broad SMARTS) is 1. The zero-order chi connectivity index (χ0) is 13.5. The molecule has 0 bridgehead atoms. The molecule has 1 saturated carbocycles. The fourth-order valence-electron chi connectivity index (χ4n) is 2.89. The molecule has 0 amide bonds. The highest BCUT2D eigenvalue weighted by molar-refractivity contribution is 5.69. The van der Waals surface area contributed by atoms with Crippen LogP contribution in [-0.4, -0.2) is 36.1 Å². The SMILES string of the molecule is CC(C)CCCN(C)CC1CCC(C(=O)O)CC1. The van der Waals surface area contributed by atoms with E-state index in [4.69, 9.17) is 5.11 Å². The van der Waals surface area contributed by atoms with Gasteiger partial charge >= 0.3 is 5.97 Å². The predicted molar refractivity (Wildman–Crippen MR) is 74.7 cm³/mol. The van der Waals surface area contributed by atoms with Gasteiger partial charge in [-0.05, 0) is 64.0 Å². The maximum absolute atomic E-state index is 10.9. The van der Waals surface area contributed by atoms with Crippen LogP contribution < -0.4 is 0 Å². The third-order valence-corrected chi connectivity index (χ3v) is 4.09. The maximum atomic E-state index is 10.9. The van der Waals surface area contributed by atoms with Crippen LogP contribution in [0.3, 0.4) is 0 Å². The fraction of sp³-hybridized carbons (Fsp3) is 0.933. The van der Waals surface area contributed by atoms with E-state index in [1.54, 1.807) is 0 Å². The van der Waals surface area contributed by atoms with Crippen molar-refractivity contribution in [3.8, 4) is 0 Å². The van der Waals surface area contributed by atoms with Crippen LogP contribution in [0.4, 0.5) is 0 Å². The van der Waals surface area contributed by atoms with Crippen LogP contribution in [0.5, 0.6) is 0 Å². The molecule has 1 aliphatic carbocycles. The zero-order valence-electron chi connectivity index (χ0n) is 12.2. The lowest BCUT2D eigenvalue weighted by atomic mass is 9.82. The number of carboxylic acids is 1. The van der Waals surface area contributed by atoms with E-state index in [0.29, 0.717) is 5.92 Å². The van der Waals surface area contributed by atoms with Crippen LogP contribution in [0.15, 0.2) is 0 Å². The van der Waals surface area contributed by atoms with E-state index < -0.39 is 5.97 Å². The molecule has 3 heteroatoms. The Bertz CT molecular complexity index is 245. The minimum Gasteiger partial charge on any atom is -0.481 e. The molecule has 1 rings (SSSR count). The Morgan fingerprint density at radius 1 is 1.28 bits per heavy atom. The molecule has 0 heterocycles. The lowest BCUT2D eigenvalue weighted by molar-refractivity contribution is -0.143. The molecule has 1 fully saturated rings. The molecule has 0 unspecified atom stereocenters. The molecule has 1 aliphatic rings. The van der Waals surface area contributed by atoms with Crippen molar-refractivity contribution in [3.63, 3.8) is 0 Å². The lowest BCUT2D eigenvalue weighted by Gasteiger charge is -2.29. The monoisotopic (exact) mass is 255 g/mol. The van der Waals surface area contributed by atoms with E-state index in [1.807, 2.05) is 0 Å². The zero-order valence-corrected chi connectivity index (χ0v) is 12.2. The smallest absolute Gasteiger partial charge is 0.306 e. The van der Waals surface area contributed by atoms with Gasteiger partial charge in [0.2, 0.25) is 0 Å². The second-order valence-electron chi connectivity index (χ2n) is 6.35. The Morgan fingerprint density at radius 3 is 2.39 bits per heavy atom. The van der Waals surface area contributed by atoms with Crippen molar-refractivity contribution in [3.05, 3.63) is 0 Å². The summed E-state index contributed by atoms with van der Waals surface area (Å²) < 4.78 is 0. The summed E-state index contributed by atoms with van der Waals surface area (Å²) in [4.78, 5) is 13.3. The Balaban J connectivity index is 2.14. The Kier molecular flexibility index (Phi) is 6.69. The van der Waals surface area contributed by atoms with Gasteiger partial charge in [0.15, 0.2) is 0 Å². The van der Waals surface area contributed by atoms with E-state index in [1.165, 1.54) is 19.4 Å². The van der Waals surface area contributed by atoms with Crippen LogP contribution in [-0.2, 0) is 4.79 Å². The molecule has 0 radical (unpaired) electrons. The first-order valence-electron chi connectivity index (χ1n) is 7.40. The highest BCUT2D eigenvalue weighted by Crippen LogP contribution is 2.29. The molecule has 0 aromatic rings. The molecular weight excluding hydrogens is 226 g/mol. The van der Waals surface area contributed by atoms with Gasteiger partial charge in [-0.1, -0.05) is 13.8 Å². The molecule has 0 spiro atoms. The van der Waals surface area contributed by atoms with Crippen LogP contribution in [0, 0.1) is 17.8 Å². The first kappa shape index (κ1) is 15.5. The molecule has 0 aromatic heterocycles. The summed E-state index contributed by atoms with van der Waals surface area (Å²) in [6.45, 7) is 6.86. The summed E-state index contributed by atoms with van der Waals surface area (Å²) in [5.74, 6) is 0.834. The summed E-state index contributed by atoms with van der Waals surface area (Å²) >= 11 is 0. The first-order chi connectivity index (χ1) is 8.49. The minimum atomic E-state index is -0.598. The number of nitrogens with zero attached hydrogens (tertiary/aromatic N) is 1. The number of hydrogen-bond acceptors (Lipinski definition) is 2. The van der Waals surface area contributed by atoms with Crippen LogP contribution >= 0.6 is 0 Å². The van der Waals surface area contributed by atoms with Crippen molar-refractivity contribution in [2.24, 2.45) is 17.8 Å². The minimum absolute atomic E-state index is 0.0764. The van der Waals surface area contributed by atoms with Crippen LogP contribution in [0.2, 0.25) is 0 Å². The molecule has 0 aromatic carbocycles. The van der Waals surface area contributed by atoms with E-state index in [0.717, 1.165) is 38.1 Å². The highest BCUT2D eigenvalue weighted by Gasteiger charge is 2.26. The molecule has 1 N–H and O–H groups in total. The van der Waals surface area contributed by atoms with Crippen molar-refractivity contribution in [2.75, 3.05) is 20.1 Å². The molecule has 0 aliphatic heterocycles. The maximum Gasteiger partial charge on any atom is 0.306 e. The molecule has 0 atom stereocenters. The second kappa shape index (κ2) is 7.78. The number of aliphatic carboxylic acids is 1. The van der Waals surface area contributed by atoms with Crippen molar-refractivity contribution in [1.29, 1.82) is 0 Å². The molecule has 3 nitrogen and oxygen atoms in total. The average Bonchev–Trinajstić information content (AvgIpc) is 2.29. The van der Waals surface area contributed by atoms with Gasteiger partial charge in [0.1, 0.15) is 0 Å². The van der Waals surface area contributed by atoms with Gasteiger partial charge in [0, 0.05) is 6.54 Å². The fourth-order valence-corrected chi connectivity index (χ4v) is 2.89. The quantitative estimate of drug-likeness (QED) is 0.759. The van der Waals surface area contributed by atoms with Gasteiger partial charge in [-0.25, -0.2) is 0 Å². The van der Waals surface area contributed by atoms with Gasteiger partial charge < -0.3 is 10.0 Å². The van der Waals surface area contributed by atoms with E-state index in [-0.39, 0.29) is 5.92 Å². The lowest BCUT2D eigenvalue weighted by Crippen LogP contribution is -2.30. The van der Waals surface area contributed by atoms with Gasteiger partial charge in [-0.15, -0.1) is 0 Å². The third-order valence-electron chi connectivity index (χ3n) is 4.09. The highest BCUT2D eigenvalue weighted by atomic mass is 16.4. The van der Waals surface area contributed by atoms with Crippen molar-refractivity contribution in [1.82, 2.24) is 4.90 Å². The van der Waals surface area contributed by atoms with Gasteiger partial charge in [0.05, 0.1) is 5.92 Å². The van der Waals surface area contributed by atoms with E-state index in [2.05, 4.69) is 25.8 Å². The van der Waals surface area contributed by atoms with Crippen LogP contribution in [0.1, 0.15) is 52.4 Å². The van der Waals surface area contributed by atoms with Crippen molar-refractivity contribution >= 4 is 5.97 Å². The second-order valence-corrected chi connectivity index (χ2v) is 6.35. The van der Waals surface area contributed by atoms with Crippen LogP contribution in [0.25, 0.3) is 0 Å². The van der Waals surface area contributed by atoms with Crippen molar-refractivity contribution in [2.45, 2.75) is 52.4 Å². The summed E-state index contributed by atoms with van der Waals surface area (Å²) in [5.41, 5.74) is 0. The largest absolute Gasteiger partial charge is 0.481 e. The van der Waals surface area contributed by atoms with Gasteiger partial charge in [-0.3, -0.25) is 4.79 Å². The summed E-state index contributed by atoms with van der Waals surface area (Å²) in [5, 5.41) is 8.96. The average molecular weight is 255 g/mol. The van der Waals surface area contributed by atoms with Gasteiger partial charge in [-0.2, -0.15) is 0 Å². The van der Waals surface area contributed by atoms with Gasteiger partial charge in [0.25, 0.3) is 0 Å². The van der Waals surface area contributed by atoms with E-state index in [9.17, 15) is 4.79 Å². The number of carbonyl (C=O) groups is 1. The Hall–Kier alpha value is -0.570. The number of rotatable bonds is 7. The molecule has 0 saturated heterocycles. The molecular formula is C15H29NO2. The third kappa shape index (κ3) is 5.85. The normalized spacial score (nSPS) is 24.7. The Morgan fingerprint density at radius 2 is 1.89 bits per heavy atom. The standard InChI is InChI=1S/C15H29NO2/c1-12(2)5-4-10-16(3)11-13-6-8-14(9-7-13)15(17)18/h12-14H,4-11H2,1-3H3,(H,17,18).